The van der Waals surface area contributed by atoms with Crippen LogP contribution in [-0.4, -0.2) is 41.7 Å². The van der Waals surface area contributed by atoms with E-state index in [2.05, 4.69) is 46.5 Å². The lowest BCUT2D eigenvalue weighted by atomic mass is 10.1. The molecule has 4 rings (SSSR count). The smallest absolute Gasteiger partial charge is 0.229 e. The largest absolute Gasteiger partial charge is 0.394 e. The molecule has 3 N–H and O–H groups in total. The molecule has 8 nitrogen and oxygen atoms in total. The highest BCUT2D eigenvalue weighted by Gasteiger charge is 2.12. The number of nitrogens with one attached hydrogen (secondary N) is 2. The Labute approximate surface area is 161 Å². The summed E-state index contributed by atoms with van der Waals surface area (Å²) in [6.45, 7) is 0.410. The second kappa shape index (κ2) is 7.41. The molecule has 0 bridgehead atoms. The second-order valence-electron chi connectivity index (χ2n) is 5.92. The molecule has 3 heterocycles. The molecular formula is C17H15BrFN7O. The van der Waals surface area contributed by atoms with Gasteiger partial charge in [0, 0.05) is 17.1 Å². The third-order valence-corrected chi connectivity index (χ3v) is 4.36. The summed E-state index contributed by atoms with van der Waals surface area (Å²) in [5.74, 6) is 0.0623. The number of halogens is 2. The lowest BCUT2D eigenvalue weighted by Gasteiger charge is -2.07. The topological polar surface area (TPSA) is 105 Å². The van der Waals surface area contributed by atoms with Crippen molar-refractivity contribution in [2.24, 2.45) is 0 Å². The highest BCUT2D eigenvalue weighted by molar-refractivity contribution is 9.10. The molecule has 3 aromatic heterocycles. The van der Waals surface area contributed by atoms with E-state index in [1.807, 2.05) is 6.07 Å². The minimum atomic E-state index is -0.313. The molecule has 0 spiro atoms. The molecule has 0 amide bonds. The van der Waals surface area contributed by atoms with Crippen molar-refractivity contribution in [3.63, 3.8) is 0 Å². The number of anilines is 2. The Morgan fingerprint density at radius 3 is 2.93 bits per heavy atom. The number of aliphatic hydroxyl groups excluding tert-OH is 1. The van der Waals surface area contributed by atoms with Gasteiger partial charge in [0.05, 0.1) is 42.3 Å². The summed E-state index contributed by atoms with van der Waals surface area (Å²) in [5, 5.41) is 23.9. The Morgan fingerprint density at radius 2 is 2.11 bits per heavy atom. The number of H-pyrrole nitrogens is 1. The molecule has 0 aliphatic heterocycles. The Kier molecular flexibility index (Phi) is 4.82. The van der Waals surface area contributed by atoms with Crippen LogP contribution >= 0.6 is 15.9 Å². The van der Waals surface area contributed by atoms with Gasteiger partial charge in [0.2, 0.25) is 5.95 Å². The predicted octanol–water partition coefficient (Wildman–Crippen LogP) is 2.78. The van der Waals surface area contributed by atoms with Gasteiger partial charge in [0.15, 0.2) is 5.65 Å². The van der Waals surface area contributed by atoms with Crippen LogP contribution in [0.4, 0.5) is 16.0 Å². The van der Waals surface area contributed by atoms with E-state index in [1.54, 1.807) is 23.3 Å². The Balaban J connectivity index is 1.66. The standard InChI is InChI=1S/C17H15BrFN7O/c18-11-3-10(4-12(19)6-11)5-15-14-8-20-25-16(14)24-17(23-15)22-13-7-21-26(9-13)1-2-27/h3-4,6-9,27H,1-2,5H2,(H2,20,22,23,24,25). The quantitative estimate of drug-likeness (QED) is 0.433. The van der Waals surface area contributed by atoms with Crippen molar-refractivity contribution in [1.29, 1.82) is 0 Å². The van der Waals surface area contributed by atoms with Crippen LogP contribution in [-0.2, 0) is 13.0 Å². The summed E-state index contributed by atoms with van der Waals surface area (Å²) in [6.07, 6.45) is 5.45. The number of rotatable bonds is 6. The number of aromatic amines is 1. The SMILES string of the molecule is OCCn1cc(Nc2nc(Cc3cc(F)cc(Br)c3)c3cn[nH]c3n2)cn1. The van der Waals surface area contributed by atoms with Crippen LogP contribution in [0.3, 0.4) is 0 Å². The van der Waals surface area contributed by atoms with Gasteiger partial charge in [0.1, 0.15) is 5.82 Å². The molecule has 138 valence electrons. The number of hydrogen-bond donors (Lipinski definition) is 3. The van der Waals surface area contributed by atoms with Crippen molar-refractivity contribution in [1.82, 2.24) is 29.9 Å². The monoisotopic (exact) mass is 431 g/mol. The number of fused-ring (bicyclic) bond motifs is 1. The zero-order valence-corrected chi connectivity index (χ0v) is 15.6. The van der Waals surface area contributed by atoms with Gasteiger partial charge in [-0.25, -0.2) is 9.37 Å². The molecule has 0 fully saturated rings. The van der Waals surface area contributed by atoms with Crippen molar-refractivity contribution in [3.05, 3.63) is 58.3 Å². The van der Waals surface area contributed by atoms with Crippen molar-refractivity contribution >= 4 is 38.6 Å². The molecule has 10 heteroatoms. The first-order chi connectivity index (χ1) is 13.1. The summed E-state index contributed by atoms with van der Waals surface area (Å²) in [4.78, 5) is 8.98. The predicted molar refractivity (Wildman–Crippen MR) is 101 cm³/mol. The number of hydrogen-bond acceptors (Lipinski definition) is 6. The number of aromatic nitrogens is 6. The van der Waals surface area contributed by atoms with Crippen LogP contribution in [0.25, 0.3) is 11.0 Å². The van der Waals surface area contributed by atoms with E-state index >= 15 is 0 Å². The summed E-state index contributed by atoms with van der Waals surface area (Å²) < 4.78 is 16.0. The van der Waals surface area contributed by atoms with E-state index in [-0.39, 0.29) is 12.4 Å². The Bertz CT molecular complexity index is 1070. The molecule has 4 aromatic rings. The fourth-order valence-electron chi connectivity index (χ4n) is 2.77. The first-order valence-corrected chi connectivity index (χ1v) is 8.95. The summed E-state index contributed by atoms with van der Waals surface area (Å²) in [5.41, 5.74) is 2.78. The maximum Gasteiger partial charge on any atom is 0.229 e. The second-order valence-corrected chi connectivity index (χ2v) is 6.84. The van der Waals surface area contributed by atoms with E-state index in [4.69, 9.17) is 5.11 Å². The highest BCUT2D eigenvalue weighted by Crippen LogP contribution is 2.23. The normalized spacial score (nSPS) is 11.2. The molecule has 0 saturated carbocycles. The van der Waals surface area contributed by atoms with E-state index in [9.17, 15) is 4.39 Å². The fraction of sp³-hybridized carbons (Fsp3) is 0.176. The van der Waals surface area contributed by atoms with Crippen molar-refractivity contribution in [2.75, 3.05) is 11.9 Å². The van der Waals surface area contributed by atoms with Crippen LogP contribution < -0.4 is 5.32 Å². The molecular weight excluding hydrogens is 417 g/mol. The van der Waals surface area contributed by atoms with Gasteiger partial charge >= 0.3 is 0 Å². The summed E-state index contributed by atoms with van der Waals surface area (Å²) in [6, 6.07) is 4.74. The van der Waals surface area contributed by atoms with Gasteiger partial charge in [-0.1, -0.05) is 15.9 Å². The Hall–Kier alpha value is -2.85. The number of aliphatic hydroxyl groups is 1. The van der Waals surface area contributed by atoms with Crippen molar-refractivity contribution in [3.8, 4) is 0 Å². The van der Waals surface area contributed by atoms with Crippen LogP contribution in [0.5, 0.6) is 0 Å². The molecule has 27 heavy (non-hydrogen) atoms. The maximum absolute atomic E-state index is 13.7. The molecule has 0 saturated heterocycles. The maximum atomic E-state index is 13.7. The lowest BCUT2D eigenvalue weighted by molar-refractivity contribution is 0.269. The fourth-order valence-corrected chi connectivity index (χ4v) is 3.29. The molecule has 1 aromatic carbocycles. The van der Waals surface area contributed by atoms with Crippen LogP contribution in [0.1, 0.15) is 11.3 Å². The minimum absolute atomic E-state index is 0.00503. The van der Waals surface area contributed by atoms with Crippen LogP contribution in [0, 0.1) is 5.82 Å². The van der Waals surface area contributed by atoms with Gasteiger partial charge in [-0.2, -0.15) is 15.2 Å². The first-order valence-electron chi connectivity index (χ1n) is 8.16. The highest BCUT2D eigenvalue weighted by atomic mass is 79.9. The third kappa shape index (κ3) is 3.96. The van der Waals surface area contributed by atoms with Gasteiger partial charge < -0.3 is 10.4 Å². The van der Waals surface area contributed by atoms with Crippen LogP contribution in [0.15, 0.2) is 41.3 Å². The van der Waals surface area contributed by atoms with E-state index < -0.39 is 0 Å². The molecule has 0 aliphatic rings. The molecule has 0 aliphatic carbocycles. The van der Waals surface area contributed by atoms with Crippen molar-refractivity contribution in [2.45, 2.75) is 13.0 Å². The Morgan fingerprint density at radius 1 is 1.22 bits per heavy atom. The summed E-state index contributed by atoms with van der Waals surface area (Å²) in [7, 11) is 0. The zero-order chi connectivity index (χ0) is 18.8. The van der Waals surface area contributed by atoms with Crippen LogP contribution in [0.2, 0.25) is 0 Å². The minimum Gasteiger partial charge on any atom is -0.394 e. The zero-order valence-electron chi connectivity index (χ0n) is 14.0. The van der Waals surface area contributed by atoms with Gasteiger partial charge in [-0.05, 0) is 23.8 Å². The van der Waals surface area contributed by atoms with E-state index in [0.717, 1.165) is 16.6 Å². The van der Waals surface area contributed by atoms with E-state index in [1.165, 1.54) is 12.1 Å². The van der Waals surface area contributed by atoms with Gasteiger partial charge in [0.25, 0.3) is 0 Å². The number of nitrogens with zero attached hydrogens (tertiary/aromatic N) is 5. The average Bonchev–Trinajstić information content (AvgIpc) is 3.24. The van der Waals surface area contributed by atoms with Gasteiger partial charge in [-0.15, -0.1) is 0 Å². The molecule has 0 unspecified atom stereocenters. The first kappa shape index (κ1) is 17.6. The number of benzene rings is 1. The average molecular weight is 432 g/mol. The summed E-state index contributed by atoms with van der Waals surface area (Å²) >= 11 is 3.31. The molecule has 0 radical (unpaired) electrons. The lowest BCUT2D eigenvalue weighted by Crippen LogP contribution is -2.03. The third-order valence-electron chi connectivity index (χ3n) is 3.90. The van der Waals surface area contributed by atoms with Crippen molar-refractivity contribution < 1.29 is 9.50 Å². The van der Waals surface area contributed by atoms with E-state index in [0.29, 0.717) is 34.7 Å². The van der Waals surface area contributed by atoms with Gasteiger partial charge in [-0.3, -0.25) is 9.78 Å². The molecule has 0 atom stereocenters.